The Balaban J connectivity index is 2.16. The maximum atomic E-state index is 13.0. The Morgan fingerprint density at radius 1 is 1.34 bits per heavy atom. The molecule has 168 valence electrons. The van der Waals surface area contributed by atoms with Gasteiger partial charge >= 0.3 is 6.61 Å². The van der Waals surface area contributed by atoms with Gasteiger partial charge in [-0.15, -0.1) is 17.9 Å². The summed E-state index contributed by atoms with van der Waals surface area (Å²) in [5, 5.41) is 9.69. The van der Waals surface area contributed by atoms with Crippen LogP contribution in [0, 0.1) is 11.3 Å². The van der Waals surface area contributed by atoms with E-state index in [0.29, 0.717) is 18.7 Å². The first-order chi connectivity index (χ1) is 15.4. The zero-order chi connectivity index (χ0) is 23.3. The van der Waals surface area contributed by atoms with Crippen LogP contribution in [0.15, 0.2) is 35.6 Å². The normalized spacial score (nSPS) is 15.0. The van der Waals surface area contributed by atoms with Gasteiger partial charge in [-0.1, -0.05) is 12.1 Å². The Morgan fingerprint density at radius 2 is 2.06 bits per heavy atom. The Kier molecular flexibility index (Phi) is 7.43. The van der Waals surface area contributed by atoms with Crippen molar-refractivity contribution in [3.8, 4) is 17.6 Å². The molecule has 2 heterocycles. The molecule has 0 unspecified atom stereocenters. The van der Waals surface area contributed by atoms with Crippen LogP contribution in [0.1, 0.15) is 18.4 Å². The zero-order valence-electron chi connectivity index (χ0n) is 17.3. The standard InChI is InChI=1S/C22H21F2N3O4S/c1-3-8-27-20(29)18(12-14-6-7-16(31-22(23)24)17(11-14)30-2)32-21(27)15(13-25)19(28)26-9-4-5-10-26/h3,6-7,11-12,22H,1,4-5,8-10H2,2H3. The van der Waals surface area contributed by atoms with Gasteiger partial charge in [-0.05, 0) is 36.6 Å². The lowest BCUT2D eigenvalue weighted by molar-refractivity contribution is -0.123. The highest BCUT2D eigenvalue weighted by Gasteiger charge is 2.24. The third-order valence-corrected chi connectivity index (χ3v) is 5.98. The van der Waals surface area contributed by atoms with E-state index >= 15 is 0 Å². The minimum atomic E-state index is -3.00. The molecule has 0 N–H and O–H groups in total. The lowest BCUT2D eigenvalue weighted by Gasteiger charge is -2.13. The number of alkyl halides is 2. The number of nitriles is 1. The molecule has 0 saturated carbocycles. The molecule has 1 fully saturated rings. The van der Waals surface area contributed by atoms with Crippen LogP contribution >= 0.6 is 11.3 Å². The number of methoxy groups -OCH3 is 1. The molecule has 2 aromatic rings. The van der Waals surface area contributed by atoms with Crippen LogP contribution in [0.4, 0.5) is 8.78 Å². The van der Waals surface area contributed by atoms with Crippen molar-refractivity contribution in [3.63, 3.8) is 0 Å². The molecule has 1 aliphatic heterocycles. The molecule has 0 atom stereocenters. The van der Waals surface area contributed by atoms with Gasteiger partial charge in [0.25, 0.3) is 11.5 Å². The van der Waals surface area contributed by atoms with Crippen molar-refractivity contribution in [2.75, 3.05) is 20.2 Å². The lowest BCUT2D eigenvalue weighted by atomic mass is 10.2. The Morgan fingerprint density at radius 3 is 2.66 bits per heavy atom. The molecular formula is C22H21F2N3O4S. The predicted molar refractivity (Wildman–Crippen MR) is 116 cm³/mol. The zero-order valence-corrected chi connectivity index (χ0v) is 18.2. The fraction of sp³-hybridized carbons (Fsp3) is 0.318. The van der Waals surface area contributed by atoms with E-state index in [2.05, 4.69) is 11.3 Å². The molecule has 0 bridgehead atoms. The summed E-state index contributed by atoms with van der Waals surface area (Å²) in [5.74, 6) is -0.451. The Bertz CT molecular complexity index is 1240. The molecule has 0 aliphatic carbocycles. The number of nitrogens with zero attached hydrogens (tertiary/aromatic N) is 3. The summed E-state index contributed by atoms with van der Waals surface area (Å²) in [6.45, 7) is 1.93. The second-order valence-electron chi connectivity index (χ2n) is 6.90. The average molecular weight is 461 g/mol. The number of benzene rings is 1. The Hall–Kier alpha value is -3.45. The van der Waals surface area contributed by atoms with Crippen LogP contribution < -0.4 is 24.2 Å². The van der Waals surface area contributed by atoms with Crippen molar-refractivity contribution in [1.29, 1.82) is 5.26 Å². The first kappa shape index (κ1) is 23.2. The van der Waals surface area contributed by atoms with Crippen LogP contribution in [-0.4, -0.2) is 42.2 Å². The third-order valence-electron chi connectivity index (χ3n) is 4.85. The Labute approximate surface area is 186 Å². The summed E-state index contributed by atoms with van der Waals surface area (Å²) < 4.78 is 36.5. The molecule has 1 aromatic heterocycles. The molecule has 10 heteroatoms. The van der Waals surface area contributed by atoms with Gasteiger partial charge in [0, 0.05) is 19.6 Å². The first-order valence-electron chi connectivity index (χ1n) is 9.78. The van der Waals surface area contributed by atoms with Crippen molar-refractivity contribution < 1.29 is 23.0 Å². The number of carbonyl (C=O) groups excluding carboxylic acids is 1. The number of carbonyl (C=O) groups is 1. The number of rotatable bonds is 7. The summed E-state index contributed by atoms with van der Waals surface area (Å²) in [6.07, 6.45) is 4.80. The SMILES string of the molecule is C=CCn1c(=C(C#N)C(=O)N2CCCC2)sc(=Cc2ccc(OC(F)F)c(OC)c2)c1=O. The van der Waals surface area contributed by atoms with E-state index in [1.54, 1.807) is 11.0 Å². The summed E-state index contributed by atoms with van der Waals surface area (Å²) in [7, 11) is 1.32. The smallest absolute Gasteiger partial charge is 0.387 e. The van der Waals surface area contributed by atoms with Crippen LogP contribution in [0.3, 0.4) is 0 Å². The molecule has 3 rings (SSSR count). The average Bonchev–Trinajstić information content (AvgIpc) is 3.40. The number of likely N-dealkylation sites (tertiary alicyclic amines) is 1. The fourth-order valence-corrected chi connectivity index (χ4v) is 4.49. The highest BCUT2D eigenvalue weighted by Crippen LogP contribution is 2.29. The maximum Gasteiger partial charge on any atom is 0.387 e. The number of thiazole rings is 1. The molecule has 1 saturated heterocycles. The van der Waals surface area contributed by atoms with Gasteiger partial charge in [0.2, 0.25) is 0 Å². The predicted octanol–water partition coefficient (Wildman–Crippen LogP) is 1.83. The fourth-order valence-electron chi connectivity index (χ4n) is 3.38. The molecule has 1 aliphatic rings. The van der Waals surface area contributed by atoms with E-state index in [1.165, 1.54) is 36.0 Å². The maximum absolute atomic E-state index is 13.0. The van der Waals surface area contributed by atoms with E-state index in [0.717, 1.165) is 24.2 Å². The van der Waals surface area contributed by atoms with E-state index in [1.807, 2.05) is 6.07 Å². The summed E-state index contributed by atoms with van der Waals surface area (Å²) in [6, 6.07) is 6.24. The van der Waals surface area contributed by atoms with Gasteiger partial charge in [0.05, 0.1) is 11.6 Å². The first-order valence-corrected chi connectivity index (χ1v) is 10.6. The number of ether oxygens (including phenoxy) is 2. The number of hydrogen-bond acceptors (Lipinski definition) is 6. The van der Waals surface area contributed by atoms with Gasteiger partial charge in [-0.2, -0.15) is 14.0 Å². The van der Waals surface area contributed by atoms with Crippen molar-refractivity contribution in [1.82, 2.24) is 9.47 Å². The van der Waals surface area contributed by atoms with E-state index in [-0.39, 0.29) is 32.8 Å². The molecule has 7 nitrogen and oxygen atoms in total. The van der Waals surface area contributed by atoms with Gasteiger partial charge < -0.3 is 14.4 Å². The molecular weight excluding hydrogens is 440 g/mol. The number of halogens is 2. The summed E-state index contributed by atoms with van der Waals surface area (Å²) in [4.78, 5) is 27.5. The van der Waals surface area contributed by atoms with Crippen molar-refractivity contribution in [2.24, 2.45) is 0 Å². The molecule has 0 radical (unpaired) electrons. The monoisotopic (exact) mass is 461 g/mol. The second kappa shape index (κ2) is 10.2. The largest absolute Gasteiger partial charge is 0.493 e. The van der Waals surface area contributed by atoms with Crippen molar-refractivity contribution in [3.05, 3.63) is 56.0 Å². The van der Waals surface area contributed by atoms with Gasteiger partial charge in [-0.3, -0.25) is 14.2 Å². The number of aromatic nitrogens is 1. The third kappa shape index (κ3) is 4.89. The lowest BCUT2D eigenvalue weighted by Crippen LogP contribution is -2.35. The van der Waals surface area contributed by atoms with Crippen LogP contribution in [0.5, 0.6) is 11.5 Å². The highest BCUT2D eigenvalue weighted by atomic mass is 32.1. The van der Waals surface area contributed by atoms with E-state index < -0.39 is 18.1 Å². The minimum Gasteiger partial charge on any atom is -0.493 e. The summed E-state index contributed by atoms with van der Waals surface area (Å²) in [5.41, 5.74) is 0.0241. The van der Waals surface area contributed by atoms with Gasteiger partial charge in [0.15, 0.2) is 17.1 Å². The minimum absolute atomic E-state index is 0.0794. The highest BCUT2D eigenvalue weighted by molar-refractivity contribution is 7.07. The molecule has 32 heavy (non-hydrogen) atoms. The number of allylic oxidation sites excluding steroid dienone is 1. The van der Waals surface area contributed by atoms with Gasteiger partial charge in [0.1, 0.15) is 10.7 Å². The van der Waals surface area contributed by atoms with E-state index in [4.69, 9.17) is 4.74 Å². The van der Waals surface area contributed by atoms with Crippen LogP contribution in [0.2, 0.25) is 0 Å². The number of amides is 1. The molecule has 1 aromatic carbocycles. The van der Waals surface area contributed by atoms with Crippen LogP contribution in [0.25, 0.3) is 11.6 Å². The van der Waals surface area contributed by atoms with Crippen molar-refractivity contribution in [2.45, 2.75) is 26.0 Å². The van der Waals surface area contributed by atoms with Crippen molar-refractivity contribution >= 4 is 28.9 Å². The quantitative estimate of drug-likeness (QED) is 0.588. The van der Waals surface area contributed by atoms with Gasteiger partial charge in [-0.25, -0.2) is 0 Å². The molecule has 1 amide bonds. The van der Waals surface area contributed by atoms with E-state index in [9.17, 15) is 23.6 Å². The number of hydrogen-bond donors (Lipinski definition) is 0. The molecule has 0 spiro atoms. The topological polar surface area (TPSA) is 84.6 Å². The second-order valence-corrected chi connectivity index (χ2v) is 7.93. The summed E-state index contributed by atoms with van der Waals surface area (Å²) >= 11 is 1.02. The van der Waals surface area contributed by atoms with Crippen LogP contribution in [-0.2, 0) is 11.3 Å².